The Morgan fingerprint density at radius 2 is 1.69 bits per heavy atom. The number of anilines is 1. The Hall–Kier alpha value is -0.286. The van der Waals surface area contributed by atoms with E-state index in [-0.39, 0.29) is 44.3 Å². The van der Waals surface area contributed by atoms with Gasteiger partial charge in [0.2, 0.25) is 0 Å². The van der Waals surface area contributed by atoms with Gasteiger partial charge in [0.1, 0.15) is 5.66 Å². The van der Waals surface area contributed by atoms with Crippen molar-refractivity contribution in [1.82, 2.24) is 0 Å². The van der Waals surface area contributed by atoms with Gasteiger partial charge in [-0.05, 0) is 64.0 Å². The summed E-state index contributed by atoms with van der Waals surface area (Å²) in [6, 6.07) is 3.74. The number of nitrogens with zero attached hydrogens (tertiary/aromatic N) is 1. The van der Waals surface area contributed by atoms with Crippen LogP contribution in [-0.4, -0.2) is 30.1 Å². The van der Waals surface area contributed by atoms with Crippen LogP contribution in [0.1, 0.15) is 57.1 Å². The average Bonchev–Trinajstić information content (AvgIpc) is 2.85. The second-order valence-electron chi connectivity index (χ2n) is 7.38. The van der Waals surface area contributed by atoms with Crippen molar-refractivity contribution in [1.29, 1.82) is 0 Å². The normalized spacial score (nSPS) is 17.3. The van der Waals surface area contributed by atoms with E-state index < -0.39 is 7.26 Å². The Morgan fingerprint density at radius 3 is 2.12 bits per heavy atom. The molecule has 5 heteroatoms. The Kier molecular flexibility index (Phi) is 9.95. The molecule has 1 aromatic rings. The molecular weight excluding hydrogens is 416 g/mol. The largest absolute Gasteiger partial charge is 0.322 e. The summed E-state index contributed by atoms with van der Waals surface area (Å²) in [5.74, 6) is 0.210. The zero-order chi connectivity index (χ0) is 18.4. The van der Waals surface area contributed by atoms with Crippen molar-refractivity contribution in [3.05, 3.63) is 34.7 Å². The third-order valence-electron chi connectivity index (χ3n) is 5.83. The summed E-state index contributed by atoms with van der Waals surface area (Å²) in [4.78, 5) is 16.7. The van der Waals surface area contributed by atoms with Crippen molar-refractivity contribution in [3.63, 3.8) is 0 Å². The molecule has 0 spiro atoms. The van der Waals surface area contributed by atoms with Crippen LogP contribution in [0.5, 0.6) is 0 Å². The Morgan fingerprint density at radius 1 is 1.15 bits per heavy atom. The van der Waals surface area contributed by atoms with Gasteiger partial charge in [0.15, 0.2) is 5.69 Å². The maximum Gasteiger partial charge on any atom is 0.265 e. The smallest absolute Gasteiger partial charge is 0.265 e. The molecule has 1 amide bonds. The molecule has 1 atom stereocenters. The van der Waals surface area contributed by atoms with Crippen LogP contribution in [0.3, 0.4) is 0 Å². The summed E-state index contributed by atoms with van der Waals surface area (Å²) in [6.07, 6.45) is 9.94. The summed E-state index contributed by atoms with van der Waals surface area (Å²) >= 11 is 0. The molecule has 3 nitrogen and oxygen atoms in total. The van der Waals surface area contributed by atoms with Crippen molar-refractivity contribution < 1.29 is 37.5 Å². The molecule has 1 aromatic carbocycles. The van der Waals surface area contributed by atoms with E-state index in [1.807, 2.05) is 26.0 Å². The molecule has 26 heavy (non-hydrogen) atoms. The van der Waals surface area contributed by atoms with Gasteiger partial charge < -0.3 is 5.32 Å². The predicted molar refractivity (Wildman–Crippen MR) is 111 cm³/mol. The van der Waals surface area contributed by atoms with Crippen LogP contribution in [0.25, 0.3) is 4.85 Å². The number of hydrogen-bond donors (Lipinski definition) is 1. The fraction of sp³-hybridized carbons (Fsp3) is 0.619. The minimum absolute atomic E-state index is 0. The third-order valence-corrected chi connectivity index (χ3v) is 11.4. The van der Waals surface area contributed by atoms with E-state index in [2.05, 4.69) is 24.0 Å². The van der Waals surface area contributed by atoms with Gasteiger partial charge in [-0.15, -0.1) is 0 Å². The molecule has 2 rings (SSSR count). The van der Waals surface area contributed by atoms with E-state index in [1.165, 1.54) is 44.2 Å². The second kappa shape index (κ2) is 10.9. The summed E-state index contributed by atoms with van der Waals surface area (Å²) in [6.45, 7) is 15.6. The van der Waals surface area contributed by atoms with Crippen LogP contribution in [0.15, 0.2) is 12.1 Å². The van der Waals surface area contributed by atoms with Crippen molar-refractivity contribution in [2.45, 2.75) is 65.5 Å². The zero-order valence-corrected chi connectivity index (χ0v) is 20.5. The van der Waals surface area contributed by atoms with Gasteiger partial charge in [-0.3, -0.25) is 4.79 Å². The number of rotatable bonds is 5. The van der Waals surface area contributed by atoms with Gasteiger partial charge in [-0.1, -0.05) is 19.1 Å². The SMILES string of the molecule is [C-]#[N+]c1cc(C)c(NC(=O)C(CC)[P+]2(CC)CCCCCC2)c(C)c1.[Y]. The second-order valence-corrected chi connectivity index (χ2v) is 12.0. The Balaban J connectivity index is 0.00000338. The fourth-order valence-corrected chi connectivity index (χ4v) is 9.36. The van der Waals surface area contributed by atoms with E-state index >= 15 is 0 Å². The summed E-state index contributed by atoms with van der Waals surface area (Å²) in [5, 5.41) is 3.24. The monoisotopic (exact) mass is 448 g/mol. The number of hydrogen-bond acceptors (Lipinski definition) is 1. The van der Waals surface area contributed by atoms with Crippen LogP contribution in [-0.2, 0) is 37.5 Å². The van der Waals surface area contributed by atoms with Crippen LogP contribution in [0.2, 0.25) is 0 Å². The van der Waals surface area contributed by atoms with Gasteiger partial charge in [0.25, 0.3) is 5.91 Å². The molecule has 1 aliphatic rings. The van der Waals surface area contributed by atoms with Crippen molar-refractivity contribution in [3.8, 4) is 0 Å². The van der Waals surface area contributed by atoms with E-state index in [4.69, 9.17) is 6.57 Å². The quantitative estimate of drug-likeness (QED) is 0.424. The molecular formula is C21H32N2OPY+. The average molecular weight is 448 g/mol. The first-order chi connectivity index (χ1) is 12.0. The fourth-order valence-electron chi connectivity index (χ4n) is 4.40. The van der Waals surface area contributed by atoms with Gasteiger partial charge in [0, 0.05) is 45.7 Å². The molecule has 0 aromatic heterocycles. The molecule has 1 saturated heterocycles. The van der Waals surface area contributed by atoms with Crippen LogP contribution in [0, 0.1) is 20.4 Å². The summed E-state index contributed by atoms with van der Waals surface area (Å²) < 4.78 is 0. The Labute approximate surface area is 185 Å². The standard InChI is InChI=1S/C21H31N2OP.Y/c1-6-19(25(7-2)12-10-8-9-11-13-25)21(24)23-20-16(3)14-18(22-5)15-17(20)4;/h14-15,19H,6-13H2,1-4H3;/p+1. The molecule has 1 fully saturated rings. The van der Waals surface area contributed by atoms with Crippen molar-refractivity contribution in [2.24, 2.45) is 0 Å². The third kappa shape index (κ3) is 5.37. The molecule has 0 saturated carbocycles. The first kappa shape index (κ1) is 23.8. The minimum Gasteiger partial charge on any atom is -0.322 e. The number of aryl methyl sites for hydroxylation is 2. The van der Waals surface area contributed by atoms with Crippen molar-refractivity contribution >= 4 is 24.5 Å². The number of benzene rings is 1. The molecule has 1 aliphatic heterocycles. The zero-order valence-electron chi connectivity index (χ0n) is 16.8. The number of amides is 1. The van der Waals surface area contributed by atoms with E-state index in [1.54, 1.807) is 0 Å². The molecule has 0 aliphatic carbocycles. The Bertz CT molecular complexity index is 637. The molecule has 1 unspecified atom stereocenters. The van der Waals surface area contributed by atoms with E-state index in [9.17, 15) is 4.79 Å². The number of carbonyl (C=O) groups is 1. The van der Waals surface area contributed by atoms with Crippen molar-refractivity contribution in [2.75, 3.05) is 23.8 Å². The number of nitrogens with one attached hydrogen (secondary N) is 1. The topological polar surface area (TPSA) is 33.5 Å². The molecule has 139 valence electrons. The molecule has 0 bridgehead atoms. The maximum atomic E-state index is 13.2. The van der Waals surface area contributed by atoms with Gasteiger partial charge in [-0.2, -0.15) is 0 Å². The van der Waals surface area contributed by atoms with Crippen LogP contribution in [0.4, 0.5) is 11.4 Å². The van der Waals surface area contributed by atoms with Crippen LogP contribution >= 0.6 is 7.26 Å². The maximum absolute atomic E-state index is 13.2. The molecule has 1 radical (unpaired) electrons. The van der Waals surface area contributed by atoms with E-state index in [0.717, 1.165) is 23.2 Å². The number of carbonyl (C=O) groups excluding carboxylic acids is 1. The summed E-state index contributed by atoms with van der Waals surface area (Å²) in [5.41, 5.74) is 3.69. The van der Waals surface area contributed by atoms with Gasteiger partial charge in [0.05, 0.1) is 25.1 Å². The summed E-state index contributed by atoms with van der Waals surface area (Å²) in [7, 11) is -1.22. The van der Waals surface area contributed by atoms with Gasteiger partial charge >= 0.3 is 0 Å². The predicted octanol–water partition coefficient (Wildman–Crippen LogP) is 6.18. The minimum atomic E-state index is -1.22. The molecule has 1 N–H and O–H groups in total. The first-order valence-corrected chi connectivity index (χ1v) is 12.0. The van der Waals surface area contributed by atoms with Gasteiger partial charge in [-0.25, -0.2) is 4.85 Å². The molecule has 1 heterocycles. The van der Waals surface area contributed by atoms with Crippen LogP contribution < -0.4 is 5.32 Å². The van der Waals surface area contributed by atoms with E-state index in [0.29, 0.717) is 5.69 Å². The first-order valence-electron chi connectivity index (χ1n) is 9.62.